The zero-order valence-electron chi connectivity index (χ0n) is 16.4. The van der Waals surface area contributed by atoms with E-state index in [0.29, 0.717) is 23.1 Å². The average Bonchev–Trinajstić information content (AvgIpc) is 3.30. The second-order valence-electron chi connectivity index (χ2n) is 5.55. The molecule has 0 amide bonds. The molecule has 156 valence electrons. The Kier molecular flexibility index (Phi) is 12.0. The smallest absolute Gasteiger partial charge is 0.350 e. The molecule has 0 bridgehead atoms. The number of aryl methyl sites for hydroxylation is 1. The van der Waals surface area contributed by atoms with Crippen molar-refractivity contribution in [1.29, 1.82) is 0 Å². The van der Waals surface area contributed by atoms with E-state index in [1.807, 2.05) is 25.4 Å². The van der Waals surface area contributed by atoms with E-state index in [9.17, 15) is 4.79 Å². The van der Waals surface area contributed by atoms with Crippen molar-refractivity contribution in [3.8, 4) is 0 Å². The monoisotopic (exact) mass is 555 g/mol. The van der Waals surface area contributed by atoms with Crippen LogP contribution in [0.15, 0.2) is 20.9 Å². The van der Waals surface area contributed by atoms with Crippen molar-refractivity contribution < 1.29 is 9.53 Å². The van der Waals surface area contributed by atoms with Crippen LogP contribution < -0.4 is 10.6 Å². The summed E-state index contributed by atoms with van der Waals surface area (Å²) in [6, 6.07) is -0.0622. The molecule has 28 heavy (non-hydrogen) atoms. The van der Waals surface area contributed by atoms with E-state index in [4.69, 9.17) is 4.74 Å². The van der Waals surface area contributed by atoms with Gasteiger partial charge in [0.2, 0.25) is 0 Å². The topological polar surface area (TPSA) is 88.5 Å². The number of nitrogens with one attached hydrogen (secondary N) is 2. The highest BCUT2D eigenvalue weighted by molar-refractivity contribution is 14.0. The molecule has 0 aliphatic carbocycles. The lowest BCUT2D eigenvalue weighted by Crippen LogP contribution is -2.39. The molecule has 2 aromatic heterocycles. The van der Waals surface area contributed by atoms with Crippen LogP contribution in [0.3, 0.4) is 0 Å². The Morgan fingerprint density at radius 1 is 1.46 bits per heavy atom. The van der Waals surface area contributed by atoms with E-state index < -0.39 is 0 Å². The van der Waals surface area contributed by atoms with Gasteiger partial charge in [0, 0.05) is 30.9 Å². The number of guanidine groups is 1. The number of aromatic nitrogens is 2. The van der Waals surface area contributed by atoms with Crippen molar-refractivity contribution in [2.75, 3.05) is 26.0 Å². The van der Waals surface area contributed by atoms with Gasteiger partial charge in [-0.25, -0.2) is 14.8 Å². The van der Waals surface area contributed by atoms with E-state index in [-0.39, 0.29) is 36.0 Å². The van der Waals surface area contributed by atoms with Crippen LogP contribution in [0.4, 0.5) is 0 Å². The van der Waals surface area contributed by atoms with Crippen molar-refractivity contribution in [2.45, 2.75) is 37.6 Å². The minimum absolute atomic E-state index is 0. The molecule has 1 unspecified atom stereocenters. The van der Waals surface area contributed by atoms with Crippen LogP contribution in [-0.4, -0.2) is 47.8 Å². The summed E-state index contributed by atoms with van der Waals surface area (Å²) in [7, 11) is 1.74. The number of hydrogen-bond donors (Lipinski definition) is 2. The van der Waals surface area contributed by atoms with E-state index >= 15 is 0 Å². The SMILES string of the molecule is CCOC(=O)c1sc(C(C)NC(=NC)NCCCSc2nccs2)nc1C.I. The lowest BCUT2D eigenvalue weighted by molar-refractivity contribution is 0.0531. The Labute approximate surface area is 195 Å². The highest BCUT2D eigenvalue weighted by Gasteiger charge is 2.20. The molecule has 2 heterocycles. The summed E-state index contributed by atoms with van der Waals surface area (Å²) in [4.78, 5) is 25.5. The van der Waals surface area contributed by atoms with Gasteiger partial charge in [0.05, 0.1) is 18.3 Å². The van der Waals surface area contributed by atoms with Crippen molar-refractivity contribution >= 4 is 70.3 Å². The zero-order chi connectivity index (χ0) is 19.6. The first-order chi connectivity index (χ1) is 13.0. The maximum Gasteiger partial charge on any atom is 0.350 e. The second-order valence-corrected chi connectivity index (χ2v) is 8.82. The van der Waals surface area contributed by atoms with Gasteiger partial charge in [-0.15, -0.1) is 46.7 Å². The molecule has 2 aromatic rings. The lowest BCUT2D eigenvalue weighted by atomic mass is 10.3. The summed E-state index contributed by atoms with van der Waals surface area (Å²) < 4.78 is 6.18. The maximum absolute atomic E-state index is 12.0. The fourth-order valence-corrected chi connectivity index (χ4v) is 4.78. The predicted octanol–water partition coefficient (Wildman–Crippen LogP) is 4.11. The normalized spacial score (nSPS) is 12.2. The van der Waals surface area contributed by atoms with Crippen LogP contribution in [0.1, 0.15) is 46.7 Å². The molecule has 1 atom stereocenters. The van der Waals surface area contributed by atoms with E-state index in [2.05, 4.69) is 25.6 Å². The minimum atomic E-state index is -0.314. The number of nitrogens with zero attached hydrogens (tertiary/aromatic N) is 3. The standard InChI is InChI=1S/C17H25N5O2S3.HI/c1-5-24-15(23)13-11(2)21-14(27-13)12(3)22-16(18-4)19-7-6-9-25-17-20-8-10-26-17;/h8,10,12H,5-7,9H2,1-4H3,(H2,18,19,22);1H. The van der Waals surface area contributed by atoms with Crippen molar-refractivity contribution in [3.63, 3.8) is 0 Å². The third-order valence-corrected chi connectivity index (χ3v) is 6.84. The Hall–Kier alpha value is -0.920. The number of esters is 1. The van der Waals surface area contributed by atoms with Crippen LogP contribution >= 0.6 is 58.4 Å². The molecule has 0 aliphatic heterocycles. The average molecular weight is 556 g/mol. The van der Waals surface area contributed by atoms with Gasteiger partial charge < -0.3 is 15.4 Å². The number of carbonyl (C=O) groups excluding carboxylic acids is 1. The van der Waals surface area contributed by atoms with Gasteiger partial charge in [0.25, 0.3) is 0 Å². The molecule has 0 spiro atoms. The maximum atomic E-state index is 12.0. The van der Waals surface area contributed by atoms with E-state index in [0.717, 1.165) is 28.1 Å². The number of rotatable bonds is 9. The molecule has 11 heteroatoms. The molecular weight excluding hydrogens is 529 g/mol. The van der Waals surface area contributed by atoms with Crippen LogP contribution in [-0.2, 0) is 4.74 Å². The number of halogens is 1. The van der Waals surface area contributed by atoms with Crippen LogP contribution in [0.25, 0.3) is 0 Å². The summed E-state index contributed by atoms with van der Waals surface area (Å²) >= 11 is 4.78. The number of aliphatic imine (C=N–C) groups is 1. The third-order valence-electron chi connectivity index (χ3n) is 3.47. The Morgan fingerprint density at radius 2 is 2.25 bits per heavy atom. The summed E-state index contributed by atoms with van der Waals surface area (Å²) in [6.45, 7) is 6.79. The first kappa shape index (κ1) is 25.1. The summed E-state index contributed by atoms with van der Waals surface area (Å²) in [5.74, 6) is 1.40. The number of thioether (sulfide) groups is 1. The van der Waals surface area contributed by atoms with Crippen LogP contribution in [0.5, 0.6) is 0 Å². The summed E-state index contributed by atoms with van der Waals surface area (Å²) in [5, 5.41) is 9.44. The van der Waals surface area contributed by atoms with Crippen LogP contribution in [0, 0.1) is 6.92 Å². The first-order valence-corrected chi connectivity index (χ1v) is 11.4. The molecular formula is C17H26IN5O2S3. The van der Waals surface area contributed by atoms with Gasteiger partial charge in [-0.2, -0.15) is 0 Å². The number of ether oxygens (including phenoxy) is 1. The van der Waals surface area contributed by atoms with Gasteiger partial charge in [0.15, 0.2) is 5.96 Å². The number of hydrogen-bond acceptors (Lipinski definition) is 8. The van der Waals surface area contributed by atoms with Crippen molar-refractivity contribution in [1.82, 2.24) is 20.6 Å². The minimum Gasteiger partial charge on any atom is -0.462 e. The molecule has 0 saturated carbocycles. The quantitative estimate of drug-likeness (QED) is 0.120. The summed E-state index contributed by atoms with van der Waals surface area (Å²) in [5.41, 5.74) is 0.698. The number of thiazole rings is 2. The molecule has 0 radical (unpaired) electrons. The first-order valence-electron chi connectivity index (χ1n) is 8.69. The van der Waals surface area contributed by atoms with Crippen LogP contribution in [0.2, 0.25) is 0 Å². The Balaban J connectivity index is 0.00000392. The molecule has 0 aromatic carbocycles. The van der Waals surface area contributed by atoms with E-state index in [1.54, 1.807) is 37.1 Å². The van der Waals surface area contributed by atoms with Gasteiger partial charge in [-0.1, -0.05) is 11.8 Å². The number of carbonyl (C=O) groups is 1. The van der Waals surface area contributed by atoms with Crippen molar-refractivity contribution in [3.05, 3.63) is 27.2 Å². The Morgan fingerprint density at radius 3 is 2.89 bits per heavy atom. The largest absolute Gasteiger partial charge is 0.462 e. The van der Waals surface area contributed by atoms with E-state index in [1.165, 1.54) is 11.3 Å². The second kappa shape index (κ2) is 13.3. The Bertz CT molecular complexity index is 752. The molecule has 2 rings (SSSR count). The summed E-state index contributed by atoms with van der Waals surface area (Å²) in [6.07, 6.45) is 2.83. The lowest BCUT2D eigenvalue weighted by Gasteiger charge is -2.16. The molecule has 2 N–H and O–H groups in total. The zero-order valence-corrected chi connectivity index (χ0v) is 21.1. The fourth-order valence-electron chi connectivity index (χ4n) is 2.17. The fraction of sp³-hybridized carbons (Fsp3) is 0.529. The molecule has 0 saturated heterocycles. The highest BCUT2D eigenvalue weighted by Crippen LogP contribution is 2.24. The third kappa shape index (κ3) is 7.84. The predicted molar refractivity (Wildman–Crippen MR) is 129 cm³/mol. The van der Waals surface area contributed by atoms with Gasteiger partial charge in [0.1, 0.15) is 14.2 Å². The van der Waals surface area contributed by atoms with Gasteiger partial charge >= 0.3 is 5.97 Å². The molecule has 7 nitrogen and oxygen atoms in total. The molecule has 0 aliphatic rings. The highest BCUT2D eigenvalue weighted by atomic mass is 127. The molecule has 0 fully saturated rings. The van der Waals surface area contributed by atoms with Crippen molar-refractivity contribution in [2.24, 2.45) is 4.99 Å². The van der Waals surface area contributed by atoms with Gasteiger partial charge in [-0.05, 0) is 27.2 Å². The van der Waals surface area contributed by atoms with Gasteiger partial charge in [-0.3, -0.25) is 4.99 Å².